The average molecular weight is 415 g/mol. The van der Waals surface area contributed by atoms with Gasteiger partial charge in [0.1, 0.15) is 5.65 Å². The van der Waals surface area contributed by atoms with E-state index in [4.69, 9.17) is 12.2 Å². The number of nitrogens with zero attached hydrogens (tertiary/aromatic N) is 2. The quantitative estimate of drug-likeness (QED) is 0.335. The molecule has 0 unspecified atom stereocenters. The maximum Gasteiger partial charge on any atom is 0.261 e. The minimum Gasteiger partial charge on any atom is -0.288 e. The Balaban J connectivity index is 1.94. The molecule has 0 bridgehead atoms. The summed E-state index contributed by atoms with van der Waals surface area (Å²) in [7, 11) is 0. The fourth-order valence-corrected chi connectivity index (χ4v) is 5.23. The van der Waals surface area contributed by atoms with Crippen molar-refractivity contribution in [2.24, 2.45) is 0 Å². The first-order valence-electron chi connectivity index (χ1n) is 9.42. The third-order valence-electron chi connectivity index (χ3n) is 5.29. The van der Waals surface area contributed by atoms with Gasteiger partial charge in [-0.05, 0) is 48.0 Å². The fourth-order valence-electron chi connectivity index (χ4n) is 3.80. The van der Waals surface area contributed by atoms with Crippen molar-refractivity contribution >= 4 is 40.1 Å². The van der Waals surface area contributed by atoms with Gasteiger partial charge in [-0.2, -0.15) is 0 Å². The Hall–Kier alpha value is -3.02. The van der Waals surface area contributed by atoms with Crippen molar-refractivity contribution in [2.75, 3.05) is 0 Å². The van der Waals surface area contributed by atoms with Gasteiger partial charge < -0.3 is 0 Å². The second-order valence-corrected chi connectivity index (χ2v) is 8.70. The molecule has 142 valence electrons. The molecule has 0 atom stereocenters. The van der Waals surface area contributed by atoms with Crippen molar-refractivity contribution in [3.8, 4) is 10.4 Å². The summed E-state index contributed by atoms with van der Waals surface area (Å²) in [6.45, 7) is 2.58. The maximum atomic E-state index is 13.6. The molecule has 0 aliphatic heterocycles. The van der Waals surface area contributed by atoms with Gasteiger partial charge in [-0.15, -0.1) is 11.3 Å². The van der Waals surface area contributed by atoms with Gasteiger partial charge in [0.25, 0.3) is 5.56 Å². The van der Waals surface area contributed by atoms with Crippen LogP contribution in [0.4, 0.5) is 0 Å². The van der Waals surface area contributed by atoms with Gasteiger partial charge in [0.15, 0.2) is 3.95 Å². The van der Waals surface area contributed by atoms with Crippen LogP contribution in [0.3, 0.4) is 0 Å². The molecule has 3 nitrogen and oxygen atoms in total. The van der Waals surface area contributed by atoms with E-state index < -0.39 is 0 Å². The lowest BCUT2D eigenvalue weighted by atomic mass is 10.1. The molecule has 29 heavy (non-hydrogen) atoms. The van der Waals surface area contributed by atoms with Crippen LogP contribution in [0.1, 0.15) is 11.1 Å². The number of rotatable bonds is 3. The Morgan fingerprint density at radius 2 is 1.59 bits per heavy atom. The predicted molar refractivity (Wildman–Crippen MR) is 124 cm³/mol. The first kappa shape index (κ1) is 18.0. The van der Waals surface area contributed by atoms with E-state index in [1.807, 2.05) is 59.2 Å². The van der Waals surface area contributed by atoms with E-state index in [0.29, 0.717) is 11.9 Å². The summed E-state index contributed by atoms with van der Waals surface area (Å²) < 4.78 is 4.67. The van der Waals surface area contributed by atoms with Crippen LogP contribution in [0.2, 0.25) is 0 Å². The summed E-state index contributed by atoms with van der Waals surface area (Å²) in [5.74, 6) is 0. The van der Waals surface area contributed by atoms with Crippen molar-refractivity contribution < 1.29 is 0 Å². The van der Waals surface area contributed by atoms with Gasteiger partial charge in [0.2, 0.25) is 0 Å². The Morgan fingerprint density at radius 1 is 0.897 bits per heavy atom. The Kier molecular flexibility index (Phi) is 4.42. The second kappa shape index (κ2) is 7.10. The van der Waals surface area contributed by atoms with Gasteiger partial charge in [-0.25, -0.2) is 0 Å². The van der Waals surface area contributed by atoms with Crippen molar-refractivity contribution in [1.82, 2.24) is 8.97 Å². The van der Waals surface area contributed by atoms with Gasteiger partial charge in [-0.3, -0.25) is 13.8 Å². The topological polar surface area (TPSA) is 26.4 Å². The molecule has 3 aromatic carbocycles. The summed E-state index contributed by atoms with van der Waals surface area (Å²) in [4.78, 5) is 14.6. The number of benzene rings is 3. The van der Waals surface area contributed by atoms with Crippen LogP contribution in [0, 0.1) is 10.9 Å². The first-order chi connectivity index (χ1) is 14.1. The number of aryl methyl sites for hydroxylation is 1. The van der Waals surface area contributed by atoms with E-state index in [1.165, 1.54) is 5.56 Å². The second-order valence-electron chi connectivity index (χ2n) is 7.06. The summed E-state index contributed by atoms with van der Waals surface area (Å²) >= 11 is 7.31. The molecule has 0 aliphatic carbocycles. The lowest BCUT2D eigenvalue weighted by molar-refractivity contribution is 0.776. The van der Waals surface area contributed by atoms with Crippen molar-refractivity contribution in [1.29, 1.82) is 0 Å². The van der Waals surface area contributed by atoms with Gasteiger partial charge in [0, 0.05) is 0 Å². The van der Waals surface area contributed by atoms with E-state index in [0.717, 1.165) is 31.1 Å². The number of para-hydroxylation sites is 1. The number of fused-ring (bicyclic) bond motifs is 3. The molecule has 2 heterocycles. The van der Waals surface area contributed by atoms with Crippen LogP contribution in [-0.2, 0) is 6.54 Å². The van der Waals surface area contributed by atoms with Crippen LogP contribution in [0.5, 0.6) is 0 Å². The molecule has 0 aliphatic rings. The smallest absolute Gasteiger partial charge is 0.261 e. The molecule has 0 radical (unpaired) electrons. The molecule has 0 spiro atoms. The van der Waals surface area contributed by atoms with E-state index in [1.54, 1.807) is 11.3 Å². The lowest BCUT2D eigenvalue weighted by Crippen LogP contribution is -2.24. The lowest BCUT2D eigenvalue weighted by Gasteiger charge is -2.14. The van der Waals surface area contributed by atoms with Crippen LogP contribution in [0.15, 0.2) is 83.7 Å². The van der Waals surface area contributed by atoms with Crippen LogP contribution in [0.25, 0.3) is 27.0 Å². The molecule has 0 N–H and O–H groups in total. The zero-order valence-electron chi connectivity index (χ0n) is 15.8. The molecule has 5 aromatic rings. The van der Waals surface area contributed by atoms with Crippen molar-refractivity contribution in [3.63, 3.8) is 0 Å². The summed E-state index contributed by atoms with van der Waals surface area (Å²) in [5.41, 5.74) is 5.09. The Morgan fingerprint density at radius 3 is 2.38 bits per heavy atom. The molecular formula is C24H18N2OS2. The van der Waals surface area contributed by atoms with Crippen LogP contribution >= 0.6 is 23.6 Å². The SMILES string of the molecule is Cc1ccccc1Cn1c(=O)c2ccccc2n2c(=S)sc(-c3ccccc3)c12. The van der Waals surface area contributed by atoms with E-state index in [9.17, 15) is 4.79 Å². The molecule has 2 aromatic heterocycles. The highest BCUT2D eigenvalue weighted by atomic mass is 32.1. The average Bonchev–Trinajstić information content (AvgIpc) is 3.10. The Bertz CT molecular complexity index is 1480. The molecule has 0 fully saturated rings. The van der Waals surface area contributed by atoms with E-state index >= 15 is 0 Å². The molecule has 0 saturated carbocycles. The standard InChI is InChI=1S/C24H18N2OS2/c1-16-9-5-6-12-18(16)15-25-22-21(17-10-3-2-4-11-17)29-24(28)26(22)20-14-8-7-13-19(20)23(25)27/h2-14H,15H2,1H3. The van der Waals surface area contributed by atoms with Crippen LogP contribution < -0.4 is 5.56 Å². The van der Waals surface area contributed by atoms with Crippen molar-refractivity contribution in [3.05, 3.63) is 104 Å². The minimum absolute atomic E-state index is 0.00818. The maximum absolute atomic E-state index is 13.6. The van der Waals surface area contributed by atoms with E-state index in [-0.39, 0.29) is 5.56 Å². The highest BCUT2D eigenvalue weighted by Gasteiger charge is 2.18. The summed E-state index contributed by atoms with van der Waals surface area (Å²) in [5, 5.41) is 0.682. The molecular weight excluding hydrogens is 396 g/mol. The van der Waals surface area contributed by atoms with Gasteiger partial charge in [0.05, 0.1) is 22.3 Å². The molecule has 0 amide bonds. The summed E-state index contributed by atoms with van der Waals surface area (Å²) in [6.07, 6.45) is 0. The molecule has 0 saturated heterocycles. The van der Waals surface area contributed by atoms with Crippen LogP contribution in [-0.4, -0.2) is 8.97 Å². The molecule has 5 heteroatoms. The zero-order valence-corrected chi connectivity index (χ0v) is 17.5. The number of thiazole rings is 1. The highest BCUT2D eigenvalue weighted by molar-refractivity contribution is 7.73. The zero-order chi connectivity index (χ0) is 20.0. The number of hydrogen-bond donors (Lipinski definition) is 0. The first-order valence-corrected chi connectivity index (χ1v) is 10.6. The summed E-state index contributed by atoms with van der Waals surface area (Å²) in [6, 6.07) is 26.1. The van der Waals surface area contributed by atoms with Gasteiger partial charge >= 0.3 is 0 Å². The third-order valence-corrected chi connectivity index (χ3v) is 6.70. The van der Waals surface area contributed by atoms with Gasteiger partial charge in [-0.1, -0.05) is 66.7 Å². The predicted octanol–water partition coefficient (Wildman–Crippen LogP) is 6.07. The normalized spacial score (nSPS) is 11.3. The Labute approximate surface area is 177 Å². The number of aromatic nitrogens is 2. The number of hydrogen-bond acceptors (Lipinski definition) is 3. The third kappa shape index (κ3) is 2.94. The highest BCUT2D eigenvalue weighted by Crippen LogP contribution is 2.33. The fraction of sp³-hybridized carbons (Fsp3) is 0.0833. The minimum atomic E-state index is 0.00818. The van der Waals surface area contributed by atoms with Crippen molar-refractivity contribution in [2.45, 2.75) is 13.5 Å². The largest absolute Gasteiger partial charge is 0.288 e. The monoisotopic (exact) mass is 414 g/mol. The van der Waals surface area contributed by atoms with E-state index in [2.05, 4.69) is 35.6 Å². The molecule has 5 rings (SSSR count).